The maximum Gasteiger partial charge on any atom is 0.183 e. The molecule has 0 radical (unpaired) electrons. The van der Waals surface area contributed by atoms with Crippen molar-refractivity contribution in [3.05, 3.63) is 35.5 Å². The molecule has 0 aliphatic carbocycles. The SMILES string of the molecule is Fc1cnc(-c2c[nH]c3ncc(Cl)cc23)nc1N[C@H]1CCCN(CC2CN=CN2)C1. The lowest BCUT2D eigenvalue weighted by molar-refractivity contribution is 0.203. The Hall–Kier alpha value is -2.78. The van der Waals surface area contributed by atoms with E-state index in [1.165, 1.54) is 6.20 Å². The maximum absolute atomic E-state index is 14.5. The van der Waals surface area contributed by atoms with Crippen LogP contribution < -0.4 is 10.6 Å². The summed E-state index contributed by atoms with van der Waals surface area (Å²) in [4.78, 5) is 22.6. The molecule has 1 unspecified atom stereocenters. The normalized spacial score (nSPS) is 21.8. The van der Waals surface area contributed by atoms with Gasteiger partial charge in [-0.05, 0) is 25.5 Å². The van der Waals surface area contributed by atoms with Crippen LogP contribution in [0.3, 0.4) is 0 Å². The van der Waals surface area contributed by atoms with Gasteiger partial charge in [-0.1, -0.05) is 11.6 Å². The van der Waals surface area contributed by atoms with Gasteiger partial charge in [-0.25, -0.2) is 19.3 Å². The van der Waals surface area contributed by atoms with Gasteiger partial charge in [-0.2, -0.15) is 0 Å². The average Bonchev–Trinajstić information content (AvgIpc) is 3.39. The van der Waals surface area contributed by atoms with Crippen molar-refractivity contribution in [1.29, 1.82) is 0 Å². The lowest BCUT2D eigenvalue weighted by Gasteiger charge is -2.34. The third kappa shape index (κ3) is 3.95. The Morgan fingerprint density at radius 3 is 3.10 bits per heavy atom. The van der Waals surface area contributed by atoms with E-state index in [0.717, 1.165) is 50.0 Å². The van der Waals surface area contributed by atoms with E-state index < -0.39 is 5.82 Å². The third-order valence-corrected chi connectivity index (χ3v) is 5.74. The molecule has 2 aliphatic heterocycles. The van der Waals surface area contributed by atoms with Crippen molar-refractivity contribution in [3.8, 4) is 11.4 Å². The summed E-state index contributed by atoms with van der Waals surface area (Å²) < 4.78 is 14.5. The molecule has 1 fully saturated rings. The number of fused-ring (bicyclic) bond motifs is 1. The minimum atomic E-state index is -0.460. The van der Waals surface area contributed by atoms with Crippen LogP contribution in [0.4, 0.5) is 10.2 Å². The molecule has 0 amide bonds. The van der Waals surface area contributed by atoms with Crippen LogP contribution in [0.15, 0.2) is 29.6 Å². The van der Waals surface area contributed by atoms with Crippen molar-refractivity contribution in [2.24, 2.45) is 4.99 Å². The van der Waals surface area contributed by atoms with Gasteiger partial charge in [0.25, 0.3) is 0 Å². The number of anilines is 1. The van der Waals surface area contributed by atoms with Crippen LogP contribution in [-0.4, -0.2) is 69.4 Å². The van der Waals surface area contributed by atoms with E-state index in [0.29, 0.717) is 22.5 Å². The summed E-state index contributed by atoms with van der Waals surface area (Å²) in [6.07, 6.45) is 8.35. The summed E-state index contributed by atoms with van der Waals surface area (Å²) in [5.74, 6) is 0.186. The minimum Gasteiger partial charge on any atom is -0.371 e. The molecule has 0 saturated carbocycles. The van der Waals surface area contributed by atoms with Gasteiger partial charge in [-0.3, -0.25) is 9.89 Å². The fourth-order valence-electron chi connectivity index (χ4n) is 4.11. The quantitative estimate of drug-likeness (QED) is 0.578. The number of piperidine rings is 1. The highest BCUT2D eigenvalue weighted by atomic mass is 35.5. The molecule has 2 aliphatic rings. The number of rotatable bonds is 5. The molecule has 1 saturated heterocycles. The molecule has 3 aromatic heterocycles. The van der Waals surface area contributed by atoms with Gasteiger partial charge in [0.05, 0.1) is 30.1 Å². The summed E-state index contributed by atoms with van der Waals surface area (Å²) in [6.45, 7) is 3.61. The second-order valence-electron chi connectivity index (χ2n) is 7.74. The van der Waals surface area contributed by atoms with Crippen LogP contribution in [0.2, 0.25) is 5.02 Å². The zero-order chi connectivity index (χ0) is 20.5. The van der Waals surface area contributed by atoms with Crippen molar-refractivity contribution >= 4 is 34.8 Å². The Bertz CT molecular complexity index is 1080. The molecule has 5 rings (SSSR count). The second kappa shape index (κ2) is 8.16. The molecule has 156 valence electrons. The fourth-order valence-corrected chi connectivity index (χ4v) is 4.26. The van der Waals surface area contributed by atoms with E-state index in [-0.39, 0.29) is 11.9 Å². The number of hydrogen-bond acceptors (Lipinski definition) is 7. The number of H-pyrrole nitrogens is 1. The Labute approximate surface area is 178 Å². The molecule has 5 heterocycles. The Balaban J connectivity index is 1.34. The average molecular weight is 429 g/mol. The molecule has 2 atom stereocenters. The highest BCUT2D eigenvalue weighted by Gasteiger charge is 2.24. The van der Waals surface area contributed by atoms with Crippen LogP contribution >= 0.6 is 11.6 Å². The second-order valence-corrected chi connectivity index (χ2v) is 8.18. The summed E-state index contributed by atoms with van der Waals surface area (Å²) in [5.41, 5.74) is 1.42. The van der Waals surface area contributed by atoms with Crippen molar-refractivity contribution < 1.29 is 4.39 Å². The number of pyridine rings is 1. The summed E-state index contributed by atoms with van der Waals surface area (Å²) in [6, 6.07) is 2.28. The predicted molar refractivity (Wildman–Crippen MR) is 115 cm³/mol. The smallest absolute Gasteiger partial charge is 0.183 e. The molecule has 3 N–H and O–H groups in total. The first-order valence-corrected chi connectivity index (χ1v) is 10.4. The number of aromatic nitrogens is 4. The number of aromatic amines is 1. The molecule has 3 aromatic rings. The number of aliphatic imine (C=N–C) groups is 1. The van der Waals surface area contributed by atoms with Crippen molar-refractivity contribution in [1.82, 2.24) is 30.2 Å². The van der Waals surface area contributed by atoms with E-state index in [9.17, 15) is 4.39 Å². The van der Waals surface area contributed by atoms with Crippen molar-refractivity contribution in [2.75, 3.05) is 31.5 Å². The topological polar surface area (TPSA) is 94.1 Å². The van der Waals surface area contributed by atoms with Gasteiger partial charge in [0, 0.05) is 42.5 Å². The van der Waals surface area contributed by atoms with Crippen molar-refractivity contribution in [3.63, 3.8) is 0 Å². The Morgan fingerprint density at radius 2 is 2.23 bits per heavy atom. The van der Waals surface area contributed by atoms with Crippen LogP contribution in [-0.2, 0) is 0 Å². The zero-order valence-electron chi connectivity index (χ0n) is 16.3. The first-order chi connectivity index (χ1) is 14.7. The molecule has 8 nitrogen and oxygen atoms in total. The van der Waals surface area contributed by atoms with Crippen molar-refractivity contribution in [2.45, 2.75) is 24.9 Å². The minimum absolute atomic E-state index is 0.123. The van der Waals surface area contributed by atoms with Crippen LogP contribution in [0.5, 0.6) is 0 Å². The van der Waals surface area contributed by atoms with Gasteiger partial charge in [-0.15, -0.1) is 0 Å². The molecule has 10 heteroatoms. The highest BCUT2D eigenvalue weighted by Crippen LogP contribution is 2.28. The standard InChI is InChI=1S/C20H22ClFN8/c21-12-4-15-16(7-25-18(15)24-5-12)19-26-8-17(22)20(29-19)28-13-2-1-3-30(9-13)10-14-6-23-11-27-14/h4-5,7-8,11,13-14H,1-3,6,9-10H2,(H,23,27)(H,24,25)(H,26,28,29)/t13-,14?/m0/s1. The van der Waals surface area contributed by atoms with E-state index in [1.54, 1.807) is 24.8 Å². The molecular formula is C20H22ClFN8. The number of likely N-dealkylation sites (tertiary alicyclic amines) is 1. The first-order valence-electron chi connectivity index (χ1n) is 10.0. The summed E-state index contributed by atoms with van der Waals surface area (Å²) in [7, 11) is 0. The zero-order valence-corrected chi connectivity index (χ0v) is 17.0. The summed E-state index contributed by atoms with van der Waals surface area (Å²) in [5, 5.41) is 7.88. The van der Waals surface area contributed by atoms with Gasteiger partial charge in [0.2, 0.25) is 0 Å². The Morgan fingerprint density at radius 1 is 1.30 bits per heavy atom. The van der Waals surface area contributed by atoms with Gasteiger partial charge >= 0.3 is 0 Å². The van der Waals surface area contributed by atoms with Crippen LogP contribution in [0.25, 0.3) is 22.4 Å². The van der Waals surface area contributed by atoms with Gasteiger partial charge in [0.15, 0.2) is 17.5 Å². The highest BCUT2D eigenvalue weighted by molar-refractivity contribution is 6.31. The van der Waals surface area contributed by atoms with E-state index in [4.69, 9.17) is 11.6 Å². The fraction of sp³-hybridized carbons (Fsp3) is 0.400. The largest absolute Gasteiger partial charge is 0.371 e. The van der Waals surface area contributed by atoms with E-state index >= 15 is 0 Å². The summed E-state index contributed by atoms with van der Waals surface area (Å²) >= 11 is 6.09. The third-order valence-electron chi connectivity index (χ3n) is 5.53. The van der Waals surface area contributed by atoms with Crippen LogP contribution in [0, 0.1) is 5.82 Å². The first kappa shape index (κ1) is 19.2. The number of hydrogen-bond donors (Lipinski definition) is 3. The van der Waals surface area contributed by atoms with Gasteiger partial charge < -0.3 is 15.6 Å². The molecule has 0 bridgehead atoms. The predicted octanol–water partition coefficient (Wildman–Crippen LogP) is 2.69. The number of halogens is 2. The van der Waals surface area contributed by atoms with Crippen LogP contribution in [0.1, 0.15) is 12.8 Å². The maximum atomic E-state index is 14.5. The number of nitrogens with zero attached hydrogens (tertiary/aromatic N) is 5. The lowest BCUT2D eigenvalue weighted by atomic mass is 10.0. The molecule has 0 spiro atoms. The lowest BCUT2D eigenvalue weighted by Crippen LogP contribution is -2.47. The monoisotopic (exact) mass is 428 g/mol. The molecular weight excluding hydrogens is 407 g/mol. The molecule has 30 heavy (non-hydrogen) atoms. The van der Waals surface area contributed by atoms with E-state index in [1.807, 2.05) is 0 Å². The van der Waals surface area contributed by atoms with E-state index in [2.05, 4.69) is 40.5 Å². The number of nitrogens with one attached hydrogen (secondary N) is 3. The Kier molecular flexibility index (Phi) is 5.22. The molecule has 0 aromatic carbocycles. The van der Waals surface area contributed by atoms with Gasteiger partial charge in [0.1, 0.15) is 5.65 Å².